The second-order valence-electron chi connectivity index (χ2n) is 7.02. The van der Waals surface area contributed by atoms with Crippen molar-refractivity contribution in [3.8, 4) is 0 Å². The lowest BCUT2D eigenvalue weighted by Crippen LogP contribution is -2.39. The van der Waals surface area contributed by atoms with Gasteiger partial charge in [-0.05, 0) is 32.8 Å². The number of pyridine rings is 1. The van der Waals surface area contributed by atoms with Crippen LogP contribution in [0.4, 0.5) is 0 Å². The molecule has 7 heteroatoms. The van der Waals surface area contributed by atoms with Gasteiger partial charge in [0.2, 0.25) is 5.56 Å². The first-order valence-electron chi connectivity index (χ1n) is 8.84. The van der Waals surface area contributed by atoms with Crippen LogP contribution in [0, 0.1) is 13.8 Å². The second kappa shape index (κ2) is 6.39. The van der Waals surface area contributed by atoms with E-state index in [1.54, 1.807) is 30.6 Å². The summed E-state index contributed by atoms with van der Waals surface area (Å²) in [7, 11) is 1.67. The molecule has 0 bridgehead atoms. The number of piperidine rings is 1. The number of amides is 1. The predicted molar refractivity (Wildman–Crippen MR) is 102 cm³/mol. The van der Waals surface area contributed by atoms with E-state index in [9.17, 15) is 9.59 Å². The molecule has 3 aromatic rings. The van der Waals surface area contributed by atoms with Crippen molar-refractivity contribution in [2.45, 2.75) is 32.6 Å². The number of rotatable bonds is 2. The molecule has 1 aliphatic heterocycles. The first-order valence-corrected chi connectivity index (χ1v) is 9.72. The van der Waals surface area contributed by atoms with Gasteiger partial charge in [-0.2, -0.15) is 0 Å². The van der Waals surface area contributed by atoms with Gasteiger partial charge in [-0.25, -0.2) is 4.98 Å². The average molecular weight is 370 g/mol. The quantitative estimate of drug-likeness (QED) is 0.697. The molecule has 1 fully saturated rings. The number of aryl methyl sites for hydroxylation is 3. The third-order valence-corrected chi connectivity index (χ3v) is 6.22. The topological polar surface area (TPSA) is 59.6 Å². The van der Waals surface area contributed by atoms with Gasteiger partial charge in [0.05, 0.1) is 11.3 Å². The Balaban J connectivity index is 1.61. The monoisotopic (exact) mass is 370 g/mol. The Bertz CT molecular complexity index is 1050. The number of carbonyl (C=O) groups excluding carboxylic acids is 1. The summed E-state index contributed by atoms with van der Waals surface area (Å²) >= 11 is 1.72. The molecule has 3 aromatic heterocycles. The highest BCUT2D eigenvalue weighted by atomic mass is 32.1. The molecule has 26 heavy (non-hydrogen) atoms. The smallest absolute Gasteiger partial charge is 0.255 e. The van der Waals surface area contributed by atoms with Gasteiger partial charge in [0, 0.05) is 49.4 Å². The minimum atomic E-state index is -0.109. The van der Waals surface area contributed by atoms with Crippen molar-refractivity contribution >= 4 is 22.1 Å². The molecule has 6 nitrogen and oxygen atoms in total. The normalized spacial score (nSPS) is 17.8. The van der Waals surface area contributed by atoms with Gasteiger partial charge in [-0.3, -0.25) is 14.0 Å². The van der Waals surface area contributed by atoms with Crippen LogP contribution in [0.5, 0.6) is 0 Å². The zero-order valence-corrected chi connectivity index (χ0v) is 16.0. The van der Waals surface area contributed by atoms with E-state index < -0.39 is 0 Å². The van der Waals surface area contributed by atoms with E-state index in [4.69, 9.17) is 4.98 Å². The van der Waals surface area contributed by atoms with E-state index in [1.165, 1.54) is 21.2 Å². The van der Waals surface area contributed by atoms with E-state index >= 15 is 0 Å². The largest absolute Gasteiger partial charge is 0.338 e. The minimum Gasteiger partial charge on any atom is -0.338 e. The molecular weight excluding hydrogens is 348 g/mol. The van der Waals surface area contributed by atoms with Crippen molar-refractivity contribution in [1.82, 2.24) is 18.9 Å². The number of likely N-dealkylation sites (tertiary alicyclic amines) is 1. The van der Waals surface area contributed by atoms with E-state index in [0.717, 1.165) is 30.9 Å². The van der Waals surface area contributed by atoms with Gasteiger partial charge in [0.1, 0.15) is 10.7 Å². The lowest BCUT2D eigenvalue weighted by Gasteiger charge is -2.32. The van der Waals surface area contributed by atoms with Gasteiger partial charge in [0.15, 0.2) is 0 Å². The molecule has 0 N–H and O–H groups in total. The lowest BCUT2D eigenvalue weighted by atomic mass is 9.95. The van der Waals surface area contributed by atoms with Gasteiger partial charge >= 0.3 is 0 Å². The van der Waals surface area contributed by atoms with E-state index in [1.807, 2.05) is 11.8 Å². The summed E-state index contributed by atoms with van der Waals surface area (Å²) in [5.41, 5.74) is 2.77. The Kier molecular flexibility index (Phi) is 4.19. The Hall–Kier alpha value is -2.41. The maximum absolute atomic E-state index is 12.9. The summed E-state index contributed by atoms with van der Waals surface area (Å²) in [5, 5.41) is 2.16. The van der Waals surface area contributed by atoms with Crippen LogP contribution in [0.15, 0.2) is 28.5 Å². The number of imidazole rings is 1. The highest BCUT2D eigenvalue weighted by Gasteiger charge is 2.29. The highest BCUT2D eigenvalue weighted by molar-refractivity contribution is 7.15. The summed E-state index contributed by atoms with van der Waals surface area (Å²) in [6.45, 7) is 5.55. The molecule has 0 unspecified atom stereocenters. The Morgan fingerprint density at radius 3 is 2.88 bits per heavy atom. The van der Waals surface area contributed by atoms with Gasteiger partial charge in [-0.15, -0.1) is 11.3 Å². The maximum Gasteiger partial charge on any atom is 0.255 e. The van der Waals surface area contributed by atoms with Crippen molar-refractivity contribution in [3.05, 3.63) is 56.8 Å². The molecule has 1 amide bonds. The molecule has 0 saturated carbocycles. The van der Waals surface area contributed by atoms with Crippen LogP contribution in [0.2, 0.25) is 0 Å². The molecule has 4 heterocycles. The summed E-state index contributed by atoms with van der Waals surface area (Å²) in [5.74, 6) is 1.25. The van der Waals surface area contributed by atoms with Crippen LogP contribution < -0.4 is 5.56 Å². The average Bonchev–Trinajstić information content (AvgIpc) is 3.18. The number of fused-ring (bicyclic) bond motifs is 1. The van der Waals surface area contributed by atoms with E-state index in [2.05, 4.69) is 16.7 Å². The SMILES string of the molecule is Cc1csc2c([C@@H]3CCCN(C(=O)c4ccc(=O)n(C)c4)C3)nc(C)n12. The van der Waals surface area contributed by atoms with Crippen LogP contribution in [-0.4, -0.2) is 37.8 Å². The van der Waals surface area contributed by atoms with Crippen molar-refractivity contribution in [1.29, 1.82) is 0 Å². The number of thiazole rings is 1. The first-order chi connectivity index (χ1) is 12.5. The van der Waals surface area contributed by atoms with E-state index in [0.29, 0.717) is 12.1 Å². The summed E-state index contributed by atoms with van der Waals surface area (Å²) in [6.07, 6.45) is 3.63. The maximum atomic E-state index is 12.9. The number of aromatic nitrogens is 3. The number of hydrogen-bond acceptors (Lipinski definition) is 4. The molecule has 0 spiro atoms. The second-order valence-corrected chi connectivity index (χ2v) is 7.88. The molecule has 1 saturated heterocycles. The van der Waals surface area contributed by atoms with Crippen LogP contribution in [0.3, 0.4) is 0 Å². The number of hydrogen-bond donors (Lipinski definition) is 0. The van der Waals surface area contributed by atoms with Gasteiger partial charge < -0.3 is 9.47 Å². The molecule has 0 aromatic carbocycles. The van der Waals surface area contributed by atoms with Crippen molar-refractivity contribution in [2.24, 2.45) is 7.05 Å². The fraction of sp³-hybridized carbons (Fsp3) is 0.421. The van der Waals surface area contributed by atoms with Crippen LogP contribution in [0.1, 0.15) is 46.3 Å². The minimum absolute atomic E-state index is 0.0140. The summed E-state index contributed by atoms with van der Waals surface area (Å²) in [6, 6.07) is 3.07. The van der Waals surface area contributed by atoms with Crippen molar-refractivity contribution < 1.29 is 4.79 Å². The fourth-order valence-electron chi connectivity index (χ4n) is 3.81. The van der Waals surface area contributed by atoms with Crippen LogP contribution in [-0.2, 0) is 7.05 Å². The number of nitrogens with zero attached hydrogens (tertiary/aromatic N) is 4. The number of carbonyl (C=O) groups is 1. The van der Waals surface area contributed by atoms with Crippen LogP contribution >= 0.6 is 11.3 Å². The van der Waals surface area contributed by atoms with Crippen molar-refractivity contribution in [2.75, 3.05) is 13.1 Å². The lowest BCUT2D eigenvalue weighted by molar-refractivity contribution is 0.0705. The fourth-order valence-corrected chi connectivity index (χ4v) is 4.91. The highest BCUT2D eigenvalue weighted by Crippen LogP contribution is 2.33. The third kappa shape index (κ3) is 2.76. The zero-order chi connectivity index (χ0) is 18.4. The molecule has 1 aliphatic rings. The molecule has 0 radical (unpaired) electrons. The first kappa shape index (κ1) is 17.0. The Morgan fingerprint density at radius 2 is 2.12 bits per heavy atom. The predicted octanol–water partition coefficient (Wildman–Crippen LogP) is 2.73. The summed E-state index contributed by atoms with van der Waals surface area (Å²) in [4.78, 5) is 32.4. The summed E-state index contributed by atoms with van der Waals surface area (Å²) < 4.78 is 3.65. The zero-order valence-electron chi connectivity index (χ0n) is 15.2. The standard InChI is InChI=1S/C19H22N4O2S/c1-12-11-26-19-17(20-13(2)23(12)19)14-5-4-8-22(10-14)18(25)15-6-7-16(24)21(3)9-15/h6-7,9,11,14H,4-5,8,10H2,1-3H3/t14-/m1/s1. The van der Waals surface area contributed by atoms with Crippen molar-refractivity contribution in [3.63, 3.8) is 0 Å². The van der Waals surface area contributed by atoms with Gasteiger partial charge in [-0.1, -0.05) is 0 Å². The Morgan fingerprint density at radius 1 is 1.31 bits per heavy atom. The molecule has 136 valence electrons. The van der Waals surface area contributed by atoms with Gasteiger partial charge in [0.25, 0.3) is 5.91 Å². The van der Waals surface area contributed by atoms with E-state index in [-0.39, 0.29) is 17.4 Å². The molecule has 0 aliphatic carbocycles. The van der Waals surface area contributed by atoms with Crippen LogP contribution in [0.25, 0.3) is 4.83 Å². The molecular formula is C19H22N4O2S. The molecule has 4 rings (SSSR count). The molecule has 1 atom stereocenters. The third-order valence-electron chi connectivity index (χ3n) is 5.15. The Labute approximate surface area is 155 Å².